The Kier molecular flexibility index (Phi) is 5.33. The van der Waals surface area contributed by atoms with E-state index >= 15 is 0 Å². The lowest BCUT2D eigenvalue weighted by Gasteiger charge is -2.23. The zero-order chi connectivity index (χ0) is 16.0. The van der Waals surface area contributed by atoms with Crippen molar-refractivity contribution in [2.45, 2.75) is 0 Å². The monoisotopic (exact) mass is 335 g/mol. The van der Waals surface area contributed by atoms with Crippen molar-refractivity contribution < 1.29 is 0 Å². The molecule has 3 aromatic carbocycles. The summed E-state index contributed by atoms with van der Waals surface area (Å²) in [6, 6.07) is 32.7. The molecular formula is C21H20PS+. The van der Waals surface area contributed by atoms with Crippen molar-refractivity contribution in [2.75, 3.05) is 6.26 Å². The van der Waals surface area contributed by atoms with Crippen LogP contribution in [-0.4, -0.2) is 6.26 Å². The second-order valence-electron chi connectivity index (χ2n) is 5.25. The van der Waals surface area contributed by atoms with Crippen LogP contribution in [0.1, 0.15) is 0 Å². The van der Waals surface area contributed by atoms with Crippen molar-refractivity contribution in [1.29, 1.82) is 0 Å². The standard InChI is InChI=1S/C21H20PS/c1-23-18-17-22(19-11-5-2-6-12-19,20-13-7-3-8-14-20)21-15-9-4-10-16-21/h2-18H,1H3/q+1/b18-17+. The van der Waals surface area contributed by atoms with Crippen LogP contribution >= 0.6 is 19.0 Å². The fraction of sp³-hybridized carbons (Fsp3) is 0.0476. The van der Waals surface area contributed by atoms with Gasteiger partial charge in [-0.05, 0) is 42.7 Å². The summed E-state index contributed by atoms with van der Waals surface area (Å²) in [5, 5.41) is 6.41. The highest BCUT2D eigenvalue weighted by molar-refractivity contribution is 8.03. The zero-order valence-electron chi connectivity index (χ0n) is 13.2. The molecule has 23 heavy (non-hydrogen) atoms. The van der Waals surface area contributed by atoms with Gasteiger partial charge in [-0.3, -0.25) is 0 Å². The summed E-state index contributed by atoms with van der Waals surface area (Å²) in [7, 11) is -1.77. The summed E-state index contributed by atoms with van der Waals surface area (Å²) in [6.07, 6.45) is 2.12. The summed E-state index contributed by atoms with van der Waals surface area (Å²) in [4.78, 5) is 0. The van der Waals surface area contributed by atoms with E-state index in [-0.39, 0.29) is 0 Å². The fourth-order valence-corrected chi connectivity index (χ4v) is 7.40. The van der Waals surface area contributed by atoms with Crippen molar-refractivity contribution in [3.05, 3.63) is 102 Å². The van der Waals surface area contributed by atoms with Crippen LogP contribution in [-0.2, 0) is 0 Å². The van der Waals surface area contributed by atoms with E-state index in [0.29, 0.717) is 0 Å². The second kappa shape index (κ2) is 7.64. The maximum absolute atomic E-state index is 2.43. The maximum atomic E-state index is 2.43. The average molecular weight is 335 g/mol. The summed E-state index contributed by atoms with van der Waals surface area (Å²) in [5.74, 6) is 2.43. The minimum atomic E-state index is -1.77. The van der Waals surface area contributed by atoms with Crippen LogP contribution in [0.25, 0.3) is 0 Å². The molecule has 0 atom stereocenters. The van der Waals surface area contributed by atoms with Gasteiger partial charge in [0.2, 0.25) is 0 Å². The van der Waals surface area contributed by atoms with E-state index in [2.05, 4.69) is 108 Å². The van der Waals surface area contributed by atoms with Crippen LogP contribution in [0.3, 0.4) is 0 Å². The molecule has 0 radical (unpaired) electrons. The van der Waals surface area contributed by atoms with Crippen molar-refractivity contribution in [3.63, 3.8) is 0 Å². The molecule has 0 aliphatic carbocycles. The Balaban J connectivity index is 2.33. The first-order valence-electron chi connectivity index (χ1n) is 7.64. The van der Waals surface area contributed by atoms with Crippen molar-refractivity contribution in [1.82, 2.24) is 0 Å². The predicted molar refractivity (Wildman–Crippen MR) is 108 cm³/mol. The smallest absolute Gasteiger partial charge is 0.134 e. The van der Waals surface area contributed by atoms with E-state index in [1.54, 1.807) is 11.8 Å². The third-order valence-corrected chi connectivity index (χ3v) is 8.46. The Morgan fingerprint density at radius 1 is 0.609 bits per heavy atom. The van der Waals surface area contributed by atoms with Gasteiger partial charge in [0.25, 0.3) is 0 Å². The van der Waals surface area contributed by atoms with Gasteiger partial charge in [0.1, 0.15) is 23.2 Å². The first-order chi connectivity index (χ1) is 11.4. The van der Waals surface area contributed by atoms with Gasteiger partial charge in [0.15, 0.2) is 0 Å². The molecule has 0 amide bonds. The number of hydrogen-bond acceptors (Lipinski definition) is 1. The quantitative estimate of drug-likeness (QED) is 0.603. The van der Waals surface area contributed by atoms with Crippen LogP contribution < -0.4 is 15.9 Å². The third-order valence-electron chi connectivity index (χ3n) is 3.91. The van der Waals surface area contributed by atoms with Crippen molar-refractivity contribution in [3.8, 4) is 0 Å². The predicted octanol–water partition coefficient (Wildman–Crippen LogP) is 4.81. The topological polar surface area (TPSA) is 0 Å². The molecule has 114 valence electrons. The molecule has 0 aromatic heterocycles. The van der Waals surface area contributed by atoms with Gasteiger partial charge in [-0.2, -0.15) is 0 Å². The molecule has 3 rings (SSSR count). The highest BCUT2D eigenvalue weighted by Gasteiger charge is 2.42. The van der Waals surface area contributed by atoms with E-state index in [4.69, 9.17) is 0 Å². The van der Waals surface area contributed by atoms with Crippen LogP contribution in [0.5, 0.6) is 0 Å². The molecule has 2 heteroatoms. The zero-order valence-corrected chi connectivity index (χ0v) is 14.9. The third kappa shape index (κ3) is 3.27. The van der Waals surface area contributed by atoms with E-state index in [0.717, 1.165) is 0 Å². The summed E-state index contributed by atoms with van der Waals surface area (Å²) >= 11 is 1.76. The number of thioether (sulfide) groups is 1. The Morgan fingerprint density at radius 3 is 1.26 bits per heavy atom. The number of rotatable bonds is 5. The maximum Gasteiger partial charge on any atom is 0.137 e. The van der Waals surface area contributed by atoms with Crippen molar-refractivity contribution in [2.24, 2.45) is 0 Å². The van der Waals surface area contributed by atoms with Gasteiger partial charge in [0.05, 0.1) is 5.82 Å². The molecule has 0 bridgehead atoms. The highest BCUT2D eigenvalue weighted by atomic mass is 32.2. The van der Waals surface area contributed by atoms with Gasteiger partial charge in [-0.1, -0.05) is 54.6 Å². The molecule has 0 saturated carbocycles. The van der Waals surface area contributed by atoms with E-state index < -0.39 is 7.26 Å². The Morgan fingerprint density at radius 2 is 0.957 bits per heavy atom. The van der Waals surface area contributed by atoms with Gasteiger partial charge in [-0.15, -0.1) is 11.8 Å². The van der Waals surface area contributed by atoms with Gasteiger partial charge in [-0.25, -0.2) is 0 Å². The molecule has 0 aliphatic rings. The van der Waals surface area contributed by atoms with Gasteiger partial charge in [0, 0.05) is 5.41 Å². The van der Waals surface area contributed by atoms with E-state index in [1.807, 2.05) is 0 Å². The SMILES string of the molecule is CS/C=C/[P+](c1ccccc1)(c1ccccc1)c1ccccc1. The lowest BCUT2D eigenvalue weighted by Crippen LogP contribution is -2.29. The Hall–Kier alpha value is -1.82. The lowest BCUT2D eigenvalue weighted by atomic mass is 10.4. The second-order valence-corrected chi connectivity index (χ2v) is 9.29. The molecule has 0 fully saturated rings. The van der Waals surface area contributed by atoms with E-state index in [9.17, 15) is 0 Å². The molecule has 0 N–H and O–H groups in total. The van der Waals surface area contributed by atoms with Gasteiger partial charge >= 0.3 is 0 Å². The van der Waals surface area contributed by atoms with Crippen LogP contribution in [0.2, 0.25) is 0 Å². The molecule has 0 unspecified atom stereocenters. The largest absolute Gasteiger partial charge is 0.137 e. The molecule has 0 saturated heterocycles. The number of hydrogen-bond donors (Lipinski definition) is 0. The van der Waals surface area contributed by atoms with Crippen LogP contribution in [0.4, 0.5) is 0 Å². The van der Waals surface area contributed by atoms with Gasteiger partial charge < -0.3 is 0 Å². The fourth-order valence-electron chi connectivity index (χ4n) is 2.85. The molecular weight excluding hydrogens is 315 g/mol. The first kappa shape index (κ1) is 16.1. The normalized spacial score (nSPS) is 11.7. The molecule has 0 heterocycles. The minimum Gasteiger partial charge on any atom is -0.134 e. The van der Waals surface area contributed by atoms with E-state index in [1.165, 1.54) is 15.9 Å². The molecule has 3 aromatic rings. The summed E-state index contributed by atoms with van der Waals surface area (Å²) in [5.41, 5.74) is 0. The van der Waals surface area contributed by atoms with Crippen LogP contribution in [0.15, 0.2) is 102 Å². The van der Waals surface area contributed by atoms with Crippen LogP contribution in [0, 0.1) is 0 Å². The molecule has 0 nitrogen and oxygen atoms in total. The van der Waals surface area contributed by atoms with Crippen molar-refractivity contribution >= 4 is 34.9 Å². The molecule has 0 spiro atoms. The summed E-state index contributed by atoms with van der Waals surface area (Å²) in [6.45, 7) is 0. The summed E-state index contributed by atoms with van der Waals surface area (Å²) < 4.78 is 0. The number of benzene rings is 3. The highest BCUT2D eigenvalue weighted by Crippen LogP contribution is 2.57. The molecule has 0 aliphatic heterocycles. The minimum absolute atomic E-state index is 1.39. The Bertz CT molecular complexity index is 655. The Labute approximate surface area is 143 Å². The first-order valence-corrected chi connectivity index (χ1v) is 10.8. The lowest BCUT2D eigenvalue weighted by molar-refractivity contribution is 1.72. The average Bonchev–Trinajstić information content (AvgIpc) is 2.65.